The van der Waals surface area contributed by atoms with Crippen molar-refractivity contribution >= 4 is 17.9 Å². The second-order valence-electron chi connectivity index (χ2n) is 7.18. The van der Waals surface area contributed by atoms with E-state index in [0.29, 0.717) is 12.5 Å². The highest BCUT2D eigenvalue weighted by molar-refractivity contribution is 6.04. The predicted molar refractivity (Wildman–Crippen MR) is 109 cm³/mol. The van der Waals surface area contributed by atoms with E-state index in [-0.39, 0.29) is 18.5 Å². The average Bonchev–Trinajstić information content (AvgIpc) is 3.04. The van der Waals surface area contributed by atoms with Gasteiger partial charge in [-0.25, -0.2) is 4.79 Å². The van der Waals surface area contributed by atoms with Gasteiger partial charge in [-0.15, -0.1) is 0 Å². The Hall–Kier alpha value is -2.61. The normalized spacial score (nSPS) is 23.6. The lowest BCUT2D eigenvalue weighted by Gasteiger charge is -2.40. The molecular weight excluding hydrogens is 356 g/mol. The largest absolute Gasteiger partial charge is 0.334 e. The van der Waals surface area contributed by atoms with E-state index in [4.69, 9.17) is 0 Å². The standard InChI is InChI=1S/C20H30N6O2/c1-5-25(6-2)13-12-21-19-22-17-16(23(19)3)18(27)26(20(28)24(17)4)14-15-10-8-7-9-11-15/h7-11,16-17H,5-6,12-14H2,1-4H3,(H,21,22). The Labute approximate surface area is 166 Å². The van der Waals surface area contributed by atoms with E-state index in [9.17, 15) is 9.59 Å². The number of fused-ring (bicyclic) bond motifs is 1. The number of nitrogens with zero attached hydrogens (tertiary/aromatic N) is 5. The third-order valence-electron chi connectivity index (χ3n) is 5.55. The van der Waals surface area contributed by atoms with Gasteiger partial charge in [-0.1, -0.05) is 44.2 Å². The van der Waals surface area contributed by atoms with Crippen molar-refractivity contribution in [3.63, 3.8) is 0 Å². The van der Waals surface area contributed by atoms with Crippen LogP contribution in [0.25, 0.3) is 0 Å². The maximum absolute atomic E-state index is 13.1. The number of rotatable bonds is 7. The number of likely N-dealkylation sites (N-methyl/N-ethyl adjacent to an activating group) is 3. The zero-order chi connectivity index (χ0) is 20.3. The van der Waals surface area contributed by atoms with Crippen molar-refractivity contribution in [3.05, 3.63) is 35.9 Å². The molecule has 2 atom stereocenters. The van der Waals surface area contributed by atoms with Gasteiger partial charge in [0, 0.05) is 20.6 Å². The molecule has 1 aromatic rings. The molecule has 2 unspecified atom stereocenters. The van der Waals surface area contributed by atoms with Gasteiger partial charge >= 0.3 is 6.03 Å². The number of amides is 3. The Morgan fingerprint density at radius 1 is 1.07 bits per heavy atom. The van der Waals surface area contributed by atoms with Crippen LogP contribution in [0.15, 0.2) is 35.3 Å². The van der Waals surface area contributed by atoms with Gasteiger partial charge in [0.05, 0.1) is 13.1 Å². The molecule has 2 aliphatic rings. The molecule has 2 saturated heterocycles. The topological polar surface area (TPSA) is 71.5 Å². The van der Waals surface area contributed by atoms with Crippen molar-refractivity contribution in [1.82, 2.24) is 24.9 Å². The predicted octanol–water partition coefficient (Wildman–Crippen LogP) is 1.01. The Bertz CT molecular complexity index is 733. The summed E-state index contributed by atoms with van der Waals surface area (Å²) in [6.45, 7) is 8.02. The van der Waals surface area contributed by atoms with Crippen LogP contribution in [0.1, 0.15) is 19.4 Å². The maximum atomic E-state index is 13.1. The van der Waals surface area contributed by atoms with Crippen molar-refractivity contribution in [2.45, 2.75) is 32.6 Å². The smallest absolute Gasteiger partial charge is 0.328 e. The van der Waals surface area contributed by atoms with E-state index in [1.165, 1.54) is 4.90 Å². The summed E-state index contributed by atoms with van der Waals surface area (Å²) in [6, 6.07) is 8.81. The molecule has 2 heterocycles. The third kappa shape index (κ3) is 3.82. The Balaban J connectivity index is 1.74. The highest BCUT2D eigenvalue weighted by atomic mass is 16.2. The average molecular weight is 387 g/mol. The van der Waals surface area contributed by atoms with Crippen LogP contribution in [0.5, 0.6) is 0 Å². The van der Waals surface area contributed by atoms with E-state index in [1.807, 2.05) is 42.3 Å². The molecule has 28 heavy (non-hydrogen) atoms. The molecule has 0 spiro atoms. The van der Waals surface area contributed by atoms with Crippen LogP contribution in [-0.4, -0.2) is 90.0 Å². The number of imide groups is 1. The summed E-state index contributed by atoms with van der Waals surface area (Å²) >= 11 is 0. The first-order valence-electron chi connectivity index (χ1n) is 9.86. The molecule has 3 rings (SSSR count). The molecule has 0 aliphatic carbocycles. The van der Waals surface area contributed by atoms with Gasteiger partial charge in [-0.2, -0.15) is 0 Å². The fraction of sp³-hybridized carbons (Fsp3) is 0.550. The molecule has 8 nitrogen and oxygen atoms in total. The highest BCUT2D eigenvalue weighted by Crippen LogP contribution is 2.25. The van der Waals surface area contributed by atoms with Crippen molar-refractivity contribution in [2.75, 3.05) is 40.3 Å². The number of carbonyl (C=O) groups is 2. The van der Waals surface area contributed by atoms with E-state index >= 15 is 0 Å². The van der Waals surface area contributed by atoms with Gasteiger partial charge < -0.3 is 20.0 Å². The number of benzene rings is 1. The Morgan fingerprint density at radius 3 is 2.39 bits per heavy atom. The maximum Gasteiger partial charge on any atom is 0.328 e. The summed E-state index contributed by atoms with van der Waals surface area (Å²) < 4.78 is 0. The molecule has 0 radical (unpaired) electrons. The van der Waals surface area contributed by atoms with E-state index in [2.05, 4.69) is 29.1 Å². The van der Waals surface area contributed by atoms with Crippen LogP contribution in [0, 0.1) is 0 Å². The van der Waals surface area contributed by atoms with Crippen molar-refractivity contribution < 1.29 is 9.59 Å². The molecule has 0 saturated carbocycles. The summed E-state index contributed by atoms with van der Waals surface area (Å²) in [5, 5.41) is 3.26. The lowest BCUT2D eigenvalue weighted by molar-refractivity contribution is -0.137. The fourth-order valence-corrected chi connectivity index (χ4v) is 3.74. The number of nitrogens with one attached hydrogen (secondary N) is 1. The van der Waals surface area contributed by atoms with Crippen LogP contribution in [0.3, 0.4) is 0 Å². The van der Waals surface area contributed by atoms with Crippen molar-refractivity contribution in [3.8, 4) is 0 Å². The molecule has 3 amide bonds. The lowest BCUT2D eigenvalue weighted by atomic mass is 10.1. The molecule has 0 aromatic heterocycles. The molecule has 152 valence electrons. The second kappa shape index (κ2) is 8.60. The van der Waals surface area contributed by atoms with Crippen LogP contribution < -0.4 is 5.32 Å². The quantitative estimate of drug-likeness (QED) is 0.757. The van der Waals surface area contributed by atoms with Gasteiger partial charge in [0.25, 0.3) is 5.91 Å². The summed E-state index contributed by atoms with van der Waals surface area (Å²) in [5.74, 6) is 0.470. The van der Waals surface area contributed by atoms with Crippen molar-refractivity contribution in [2.24, 2.45) is 4.99 Å². The van der Waals surface area contributed by atoms with Crippen molar-refractivity contribution in [1.29, 1.82) is 0 Å². The number of carbonyl (C=O) groups excluding carboxylic acids is 2. The monoisotopic (exact) mass is 386 g/mol. The van der Waals surface area contributed by atoms with Gasteiger partial charge in [0.1, 0.15) is 6.17 Å². The molecule has 2 aliphatic heterocycles. The number of aliphatic imine (C=N–C) groups is 1. The minimum atomic E-state index is -0.474. The van der Waals surface area contributed by atoms with Gasteiger partial charge in [0.2, 0.25) is 0 Å². The molecule has 1 N–H and O–H groups in total. The molecule has 0 bridgehead atoms. The second-order valence-corrected chi connectivity index (χ2v) is 7.18. The zero-order valence-corrected chi connectivity index (χ0v) is 17.1. The SMILES string of the molecule is CCN(CC)CCN=C1NC2C(C(=O)N(Cc3ccccc3)C(=O)N2C)N1C. The molecule has 2 fully saturated rings. The minimum absolute atomic E-state index is 0.194. The van der Waals surface area contributed by atoms with Crippen LogP contribution in [0.4, 0.5) is 4.79 Å². The third-order valence-corrected chi connectivity index (χ3v) is 5.55. The molecular formula is C20H30N6O2. The summed E-state index contributed by atoms with van der Waals surface area (Å²) in [7, 11) is 3.58. The number of guanidine groups is 1. The van der Waals surface area contributed by atoms with Gasteiger partial charge in [-0.05, 0) is 18.7 Å². The van der Waals surface area contributed by atoms with Gasteiger partial charge in [0.15, 0.2) is 12.0 Å². The summed E-state index contributed by atoms with van der Waals surface area (Å²) in [6.07, 6.45) is -0.399. The Morgan fingerprint density at radius 2 is 1.75 bits per heavy atom. The van der Waals surface area contributed by atoms with E-state index < -0.39 is 12.2 Å². The zero-order valence-electron chi connectivity index (χ0n) is 17.1. The lowest BCUT2D eigenvalue weighted by Crippen LogP contribution is -2.65. The first-order valence-corrected chi connectivity index (χ1v) is 9.86. The Kier molecular flexibility index (Phi) is 6.18. The summed E-state index contributed by atoms with van der Waals surface area (Å²) in [5.41, 5.74) is 0.928. The number of hydrogen-bond donors (Lipinski definition) is 1. The van der Waals surface area contributed by atoms with Crippen LogP contribution in [-0.2, 0) is 11.3 Å². The minimum Gasteiger partial charge on any atom is -0.334 e. The van der Waals surface area contributed by atoms with Gasteiger partial charge in [-0.3, -0.25) is 14.7 Å². The molecule has 1 aromatic carbocycles. The van der Waals surface area contributed by atoms with E-state index in [1.54, 1.807) is 11.9 Å². The first-order chi connectivity index (χ1) is 13.5. The molecule has 8 heteroatoms. The number of urea groups is 1. The van der Waals surface area contributed by atoms with Crippen LogP contribution >= 0.6 is 0 Å². The first kappa shape index (κ1) is 20.1. The van der Waals surface area contributed by atoms with Crippen LogP contribution in [0.2, 0.25) is 0 Å². The summed E-state index contributed by atoms with van der Waals surface area (Å²) in [4.78, 5) is 37.7. The number of hydrogen-bond acceptors (Lipinski definition) is 4. The van der Waals surface area contributed by atoms with E-state index in [0.717, 1.165) is 25.2 Å². The highest BCUT2D eigenvalue weighted by Gasteiger charge is 2.51. The fourth-order valence-electron chi connectivity index (χ4n) is 3.74.